The van der Waals surface area contributed by atoms with Crippen molar-refractivity contribution in [2.45, 2.75) is 13.5 Å². The van der Waals surface area contributed by atoms with E-state index < -0.39 is 0 Å². The van der Waals surface area contributed by atoms with Crippen LogP contribution in [0.2, 0.25) is 0 Å². The molecular formula is C14H13N3O. The fourth-order valence-corrected chi connectivity index (χ4v) is 1.90. The van der Waals surface area contributed by atoms with E-state index in [0.29, 0.717) is 6.54 Å². The van der Waals surface area contributed by atoms with E-state index in [9.17, 15) is 0 Å². The summed E-state index contributed by atoms with van der Waals surface area (Å²) in [6, 6.07) is 12.0. The molecule has 0 spiro atoms. The number of hydrogen-bond acceptors (Lipinski definition) is 4. The summed E-state index contributed by atoms with van der Waals surface area (Å²) in [5, 5.41) is 8.09. The highest BCUT2D eigenvalue weighted by molar-refractivity contribution is 5.81. The minimum absolute atomic E-state index is 0.589. The Bertz CT molecular complexity index is 662. The molecule has 2 aromatic heterocycles. The third-order valence-electron chi connectivity index (χ3n) is 2.84. The zero-order valence-electron chi connectivity index (χ0n) is 10.1. The van der Waals surface area contributed by atoms with Gasteiger partial charge in [-0.3, -0.25) is 0 Å². The summed E-state index contributed by atoms with van der Waals surface area (Å²) in [7, 11) is 0. The van der Waals surface area contributed by atoms with Crippen molar-refractivity contribution >= 4 is 16.7 Å². The van der Waals surface area contributed by atoms with Crippen molar-refractivity contribution < 1.29 is 4.52 Å². The second kappa shape index (κ2) is 4.49. The smallest absolute Gasteiger partial charge is 0.155 e. The first-order valence-electron chi connectivity index (χ1n) is 5.83. The SMILES string of the molecule is Cc1cc2ccccc2nc1NCc1ccno1. The lowest BCUT2D eigenvalue weighted by molar-refractivity contribution is 0.388. The van der Waals surface area contributed by atoms with Crippen molar-refractivity contribution in [1.82, 2.24) is 10.1 Å². The molecule has 0 radical (unpaired) electrons. The molecule has 18 heavy (non-hydrogen) atoms. The second-order valence-corrected chi connectivity index (χ2v) is 4.18. The molecule has 4 heteroatoms. The van der Waals surface area contributed by atoms with Crippen molar-refractivity contribution in [2.24, 2.45) is 0 Å². The molecule has 3 aromatic rings. The number of hydrogen-bond donors (Lipinski definition) is 1. The van der Waals surface area contributed by atoms with Gasteiger partial charge in [0.2, 0.25) is 0 Å². The Morgan fingerprint density at radius 2 is 2.11 bits per heavy atom. The molecule has 0 saturated heterocycles. The number of aromatic nitrogens is 2. The lowest BCUT2D eigenvalue weighted by atomic mass is 10.1. The third kappa shape index (κ3) is 2.05. The average Bonchev–Trinajstić information content (AvgIpc) is 2.89. The molecule has 3 rings (SSSR count). The van der Waals surface area contributed by atoms with Crippen LogP contribution in [-0.2, 0) is 6.54 Å². The van der Waals surface area contributed by atoms with Gasteiger partial charge in [-0.05, 0) is 24.6 Å². The van der Waals surface area contributed by atoms with Gasteiger partial charge in [0.05, 0.1) is 18.3 Å². The first-order chi connectivity index (χ1) is 8.83. The van der Waals surface area contributed by atoms with E-state index in [4.69, 9.17) is 4.52 Å². The lowest BCUT2D eigenvalue weighted by Crippen LogP contribution is -2.02. The van der Waals surface area contributed by atoms with E-state index in [-0.39, 0.29) is 0 Å². The molecule has 4 nitrogen and oxygen atoms in total. The quantitative estimate of drug-likeness (QED) is 0.762. The van der Waals surface area contributed by atoms with Gasteiger partial charge in [0, 0.05) is 11.5 Å². The fourth-order valence-electron chi connectivity index (χ4n) is 1.90. The number of aryl methyl sites for hydroxylation is 1. The van der Waals surface area contributed by atoms with Crippen LogP contribution in [0.4, 0.5) is 5.82 Å². The molecule has 0 aliphatic heterocycles. The van der Waals surface area contributed by atoms with Crippen LogP contribution in [-0.4, -0.2) is 10.1 Å². The van der Waals surface area contributed by atoms with E-state index in [2.05, 4.69) is 27.6 Å². The summed E-state index contributed by atoms with van der Waals surface area (Å²) < 4.78 is 5.04. The van der Waals surface area contributed by atoms with Gasteiger partial charge < -0.3 is 9.84 Å². The Kier molecular flexibility index (Phi) is 2.68. The van der Waals surface area contributed by atoms with Crippen LogP contribution in [0.25, 0.3) is 10.9 Å². The Morgan fingerprint density at radius 1 is 1.22 bits per heavy atom. The van der Waals surface area contributed by atoms with Gasteiger partial charge in [-0.2, -0.15) is 0 Å². The number of para-hydroxylation sites is 1. The van der Waals surface area contributed by atoms with Crippen LogP contribution < -0.4 is 5.32 Å². The highest BCUT2D eigenvalue weighted by atomic mass is 16.5. The number of benzene rings is 1. The van der Waals surface area contributed by atoms with Crippen molar-refractivity contribution in [3.8, 4) is 0 Å². The Morgan fingerprint density at radius 3 is 2.94 bits per heavy atom. The number of nitrogens with zero attached hydrogens (tertiary/aromatic N) is 2. The van der Waals surface area contributed by atoms with Gasteiger partial charge >= 0.3 is 0 Å². The van der Waals surface area contributed by atoms with Gasteiger partial charge in [-0.25, -0.2) is 4.98 Å². The summed E-state index contributed by atoms with van der Waals surface area (Å²) >= 11 is 0. The van der Waals surface area contributed by atoms with E-state index in [1.54, 1.807) is 6.20 Å². The number of nitrogens with one attached hydrogen (secondary N) is 1. The maximum atomic E-state index is 5.04. The maximum Gasteiger partial charge on any atom is 0.155 e. The molecule has 1 aromatic carbocycles. The fraction of sp³-hybridized carbons (Fsp3) is 0.143. The van der Waals surface area contributed by atoms with Crippen molar-refractivity contribution in [1.29, 1.82) is 0 Å². The molecule has 0 aliphatic carbocycles. The number of fused-ring (bicyclic) bond motifs is 1. The highest BCUT2D eigenvalue weighted by Gasteiger charge is 2.04. The molecule has 0 amide bonds. The van der Waals surface area contributed by atoms with Crippen molar-refractivity contribution in [2.75, 3.05) is 5.32 Å². The molecule has 0 aliphatic rings. The predicted octanol–water partition coefficient (Wildman–Crippen LogP) is 3.14. The molecule has 0 fully saturated rings. The maximum absolute atomic E-state index is 5.04. The van der Waals surface area contributed by atoms with E-state index in [1.165, 1.54) is 0 Å². The molecular weight excluding hydrogens is 226 g/mol. The standard InChI is InChI=1S/C14H13N3O/c1-10-8-11-4-2-3-5-13(11)17-14(10)15-9-12-6-7-16-18-12/h2-8H,9H2,1H3,(H,15,17). The Hall–Kier alpha value is -2.36. The number of rotatable bonds is 3. The van der Waals surface area contributed by atoms with Crippen LogP contribution >= 0.6 is 0 Å². The van der Waals surface area contributed by atoms with Crippen molar-refractivity contribution in [3.05, 3.63) is 53.9 Å². The zero-order valence-corrected chi connectivity index (χ0v) is 10.1. The zero-order chi connectivity index (χ0) is 12.4. The van der Waals surface area contributed by atoms with Crippen LogP contribution in [0.1, 0.15) is 11.3 Å². The highest BCUT2D eigenvalue weighted by Crippen LogP contribution is 2.19. The Labute approximate surface area is 105 Å². The first-order valence-corrected chi connectivity index (χ1v) is 5.83. The van der Waals surface area contributed by atoms with E-state index in [1.807, 2.05) is 31.2 Å². The van der Waals surface area contributed by atoms with Crippen LogP contribution in [0, 0.1) is 6.92 Å². The van der Waals surface area contributed by atoms with E-state index >= 15 is 0 Å². The average molecular weight is 239 g/mol. The predicted molar refractivity (Wildman–Crippen MR) is 70.3 cm³/mol. The summed E-state index contributed by atoms with van der Waals surface area (Å²) in [5.74, 6) is 1.68. The normalized spacial score (nSPS) is 10.7. The number of pyridine rings is 1. The lowest BCUT2D eigenvalue weighted by Gasteiger charge is -2.08. The monoisotopic (exact) mass is 239 g/mol. The van der Waals surface area contributed by atoms with Crippen LogP contribution in [0.5, 0.6) is 0 Å². The van der Waals surface area contributed by atoms with Crippen molar-refractivity contribution in [3.63, 3.8) is 0 Å². The number of anilines is 1. The van der Waals surface area contributed by atoms with Gasteiger partial charge in [-0.15, -0.1) is 0 Å². The van der Waals surface area contributed by atoms with Gasteiger partial charge in [-0.1, -0.05) is 23.4 Å². The van der Waals surface area contributed by atoms with Gasteiger partial charge in [0.1, 0.15) is 5.82 Å². The van der Waals surface area contributed by atoms with E-state index in [0.717, 1.165) is 28.0 Å². The molecule has 1 N–H and O–H groups in total. The summed E-state index contributed by atoms with van der Waals surface area (Å²) in [6.45, 7) is 2.63. The van der Waals surface area contributed by atoms with Crippen LogP contribution in [0.3, 0.4) is 0 Å². The van der Waals surface area contributed by atoms with Crippen LogP contribution in [0.15, 0.2) is 47.1 Å². The third-order valence-corrected chi connectivity index (χ3v) is 2.84. The van der Waals surface area contributed by atoms with Gasteiger partial charge in [0.25, 0.3) is 0 Å². The minimum atomic E-state index is 0.589. The largest absolute Gasteiger partial charge is 0.362 e. The Balaban J connectivity index is 1.89. The summed E-state index contributed by atoms with van der Waals surface area (Å²) in [5.41, 5.74) is 2.11. The topological polar surface area (TPSA) is 51.0 Å². The summed E-state index contributed by atoms with van der Waals surface area (Å²) in [6.07, 6.45) is 1.64. The molecule has 0 bridgehead atoms. The molecule has 0 saturated carbocycles. The molecule has 2 heterocycles. The second-order valence-electron chi connectivity index (χ2n) is 4.18. The summed E-state index contributed by atoms with van der Waals surface area (Å²) in [4.78, 5) is 4.60. The molecule has 0 atom stereocenters. The minimum Gasteiger partial charge on any atom is -0.362 e. The molecule has 90 valence electrons. The first kappa shape index (κ1) is 10.8. The van der Waals surface area contributed by atoms with Gasteiger partial charge in [0.15, 0.2) is 5.76 Å². The molecule has 0 unspecified atom stereocenters.